The second kappa shape index (κ2) is 4.30. The smallest absolute Gasteiger partial charge is 0.0937 e. The molecule has 0 aliphatic carbocycles. The van der Waals surface area contributed by atoms with E-state index in [1.165, 1.54) is 38.8 Å². The van der Waals surface area contributed by atoms with Crippen molar-refractivity contribution in [2.75, 3.05) is 13.1 Å². The van der Waals surface area contributed by atoms with E-state index in [4.69, 9.17) is 5.73 Å². The summed E-state index contributed by atoms with van der Waals surface area (Å²) in [5.41, 5.74) is 5.78. The van der Waals surface area contributed by atoms with Crippen LogP contribution in [0.4, 0.5) is 0 Å². The van der Waals surface area contributed by atoms with Crippen LogP contribution in [0.3, 0.4) is 0 Å². The van der Waals surface area contributed by atoms with Crippen molar-refractivity contribution in [2.45, 2.75) is 51.1 Å². The van der Waals surface area contributed by atoms with Crippen LogP contribution in [-0.2, 0) is 0 Å². The van der Waals surface area contributed by atoms with Crippen LogP contribution in [0.1, 0.15) is 39.0 Å². The zero-order valence-corrected chi connectivity index (χ0v) is 9.08. The van der Waals surface area contributed by atoms with Crippen molar-refractivity contribution in [2.24, 2.45) is 10.7 Å². The predicted molar refractivity (Wildman–Crippen MR) is 59.5 cm³/mol. The monoisotopic (exact) mass is 195 g/mol. The molecule has 2 atom stereocenters. The molecule has 0 amide bonds. The Hall–Kier alpha value is -0.570. The molecule has 2 unspecified atom stereocenters. The van der Waals surface area contributed by atoms with Crippen molar-refractivity contribution in [1.82, 2.24) is 4.90 Å². The van der Waals surface area contributed by atoms with E-state index in [9.17, 15) is 0 Å². The van der Waals surface area contributed by atoms with Gasteiger partial charge in [-0.2, -0.15) is 0 Å². The van der Waals surface area contributed by atoms with Gasteiger partial charge in [-0.05, 0) is 32.2 Å². The molecular weight excluding hydrogens is 174 g/mol. The molecule has 2 aliphatic rings. The molecule has 0 aromatic carbocycles. The van der Waals surface area contributed by atoms with Crippen LogP contribution >= 0.6 is 0 Å². The summed E-state index contributed by atoms with van der Waals surface area (Å²) in [7, 11) is 0. The Morgan fingerprint density at radius 3 is 3.07 bits per heavy atom. The first kappa shape index (κ1) is 9.97. The highest BCUT2D eigenvalue weighted by molar-refractivity contribution is 5.80. The van der Waals surface area contributed by atoms with Gasteiger partial charge in [0.1, 0.15) is 0 Å². The van der Waals surface area contributed by atoms with Gasteiger partial charge in [-0.25, -0.2) is 0 Å². The molecule has 2 aliphatic heterocycles. The molecule has 2 fully saturated rings. The highest BCUT2D eigenvalue weighted by atomic mass is 15.2. The van der Waals surface area contributed by atoms with Crippen molar-refractivity contribution >= 4 is 5.84 Å². The van der Waals surface area contributed by atoms with E-state index < -0.39 is 0 Å². The topological polar surface area (TPSA) is 41.6 Å². The van der Waals surface area contributed by atoms with E-state index in [0.29, 0.717) is 6.04 Å². The molecule has 0 spiro atoms. The Kier molecular flexibility index (Phi) is 3.06. The van der Waals surface area contributed by atoms with Gasteiger partial charge in [0.25, 0.3) is 0 Å². The third kappa shape index (κ3) is 2.08. The number of hydrogen-bond acceptors (Lipinski definition) is 2. The van der Waals surface area contributed by atoms with E-state index in [0.717, 1.165) is 18.3 Å². The van der Waals surface area contributed by atoms with Crippen molar-refractivity contribution in [3.8, 4) is 0 Å². The summed E-state index contributed by atoms with van der Waals surface area (Å²) in [6, 6.07) is 1.32. The minimum absolute atomic E-state index is 0.509. The number of fused-ring (bicyclic) bond motifs is 1. The van der Waals surface area contributed by atoms with Crippen LogP contribution in [0.5, 0.6) is 0 Å². The van der Waals surface area contributed by atoms with Crippen molar-refractivity contribution in [1.29, 1.82) is 0 Å². The zero-order valence-electron chi connectivity index (χ0n) is 9.08. The predicted octanol–water partition coefficient (Wildman–Crippen LogP) is 1.38. The molecule has 0 bridgehead atoms. The van der Waals surface area contributed by atoms with Gasteiger partial charge in [0.05, 0.1) is 11.9 Å². The number of nitrogens with two attached hydrogens (primary N) is 1. The van der Waals surface area contributed by atoms with Crippen LogP contribution in [0.25, 0.3) is 0 Å². The fraction of sp³-hybridized carbons (Fsp3) is 0.909. The average Bonchev–Trinajstić information content (AvgIpc) is 2.64. The Morgan fingerprint density at radius 1 is 1.43 bits per heavy atom. The first-order chi connectivity index (χ1) is 6.79. The van der Waals surface area contributed by atoms with Gasteiger partial charge in [-0.1, -0.05) is 6.92 Å². The van der Waals surface area contributed by atoms with Gasteiger partial charge in [-0.3, -0.25) is 4.99 Å². The Labute approximate surface area is 86.4 Å². The number of aliphatic imine (C=N–C) groups is 1. The molecule has 3 nitrogen and oxygen atoms in total. The molecule has 0 aromatic heterocycles. The molecule has 3 heteroatoms. The Balaban J connectivity index is 1.91. The van der Waals surface area contributed by atoms with Gasteiger partial charge in [0.2, 0.25) is 0 Å². The summed E-state index contributed by atoms with van der Waals surface area (Å²) >= 11 is 0. The lowest BCUT2D eigenvalue weighted by Gasteiger charge is -2.33. The van der Waals surface area contributed by atoms with Gasteiger partial charge >= 0.3 is 0 Å². The standard InChI is InChI=1S/C11H21N3/c1-2-11(12)13-9-5-7-14-6-3-4-10(14)8-9/h9-10H,2-8H2,1H3,(H2,12,13). The van der Waals surface area contributed by atoms with Crippen molar-refractivity contribution < 1.29 is 0 Å². The van der Waals surface area contributed by atoms with Crippen LogP contribution < -0.4 is 5.73 Å². The maximum absolute atomic E-state index is 5.78. The minimum Gasteiger partial charge on any atom is -0.387 e. The second-order valence-electron chi connectivity index (χ2n) is 4.48. The summed E-state index contributed by atoms with van der Waals surface area (Å²) in [5.74, 6) is 0.835. The lowest BCUT2D eigenvalue weighted by molar-refractivity contribution is 0.183. The maximum atomic E-state index is 5.78. The Morgan fingerprint density at radius 2 is 2.29 bits per heavy atom. The SMILES string of the molecule is CCC(N)=NC1CCN2CCCC2C1. The third-order valence-electron chi connectivity index (χ3n) is 3.50. The van der Waals surface area contributed by atoms with Crippen molar-refractivity contribution in [3.63, 3.8) is 0 Å². The lowest BCUT2D eigenvalue weighted by atomic mass is 9.98. The molecule has 2 rings (SSSR count). The lowest BCUT2D eigenvalue weighted by Crippen LogP contribution is -2.40. The zero-order chi connectivity index (χ0) is 9.97. The highest BCUT2D eigenvalue weighted by Crippen LogP contribution is 2.28. The number of amidine groups is 1. The Bertz CT molecular complexity index is 225. The van der Waals surface area contributed by atoms with E-state index in [2.05, 4.69) is 16.8 Å². The molecule has 2 N–H and O–H groups in total. The van der Waals surface area contributed by atoms with Crippen LogP contribution in [-0.4, -0.2) is 35.9 Å². The maximum Gasteiger partial charge on any atom is 0.0937 e. The van der Waals surface area contributed by atoms with E-state index in [1.807, 2.05) is 0 Å². The van der Waals surface area contributed by atoms with Crippen molar-refractivity contribution in [3.05, 3.63) is 0 Å². The number of piperidine rings is 1. The summed E-state index contributed by atoms with van der Waals surface area (Å²) in [6.07, 6.45) is 6.09. The summed E-state index contributed by atoms with van der Waals surface area (Å²) in [5, 5.41) is 0. The largest absolute Gasteiger partial charge is 0.387 e. The van der Waals surface area contributed by atoms with Crippen LogP contribution in [0.15, 0.2) is 4.99 Å². The normalized spacial score (nSPS) is 34.5. The van der Waals surface area contributed by atoms with Gasteiger partial charge in [0.15, 0.2) is 0 Å². The summed E-state index contributed by atoms with van der Waals surface area (Å²) in [4.78, 5) is 7.20. The molecule has 80 valence electrons. The summed E-state index contributed by atoms with van der Waals surface area (Å²) < 4.78 is 0. The fourth-order valence-electron chi connectivity index (χ4n) is 2.65. The van der Waals surface area contributed by atoms with E-state index in [1.54, 1.807) is 0 Å². The first-order valence-corrected chi connectivity index (χ1v) is 5.85. The van der Waals surface area contributed by atoms with Gasteiger partial charge in [-0.15, -0.1) is 0 Å². The summed E-state index contributed by atoms with van der Waals surface area (Å²) in [6.45, 7) is 4.61. The molecule has 14 heavy (non-hydrogen) atoms. The molecule has 0 aromatic rings. The van der Waals surface area contributed by atoms with Crippen LogP contribution in [0.2, 0.25) is 0 Å². The molecule has 2 heterocycles. The van der Waals surface area contributed by atoms with Crippen LogP contribution in [0, 0.1) is 0 Å². The number of nitrogens with zero attached hydrogens (tertiary/aromatic N) is 2. The fourth-order valence-corrected chi connectivity index (χ4v) is 2.65. The second-order valence-corrected chi connectivity index (χ2v) is 4.48. The molecule has 0 saturated carbocycles. The first-order valence-electron chi connectivity index (χ1n) is 5.85. The molecule has 0 radical (unpaired) electrons. The third-order valence-corrected chi connectivity index (χ3v) is 3.50. The van der Waals surface area contributed by atoms with Gasteiger partial charge < -0.3 is 10.6 Å². The minimum atomic E-state index is 0.509. The molecule has 2 saturated heterocycles. The number of hydrogen-bond donors (Lipinski definition) is 1. The van der Waals surface area contributed by atoms with E-state index in [-0.39, 0.29) is 0 Å². The molecular formula is C11H21N3. The van der Waals surface area contributed by atoms with Gasteiger partial charge in [0, 0.05) is 19.0 Å². The average molecular weight is 195 g/mol. The number of rotatable bonds is 2. The highest BCUT2D eigenvalue weighted by Gasteiger charge is 2.31. The van der Waals surface area contributed by atoms with E-state index >= 15 is 0 Å². The quantitative estimate of drug-likeness (QED) is 0.534.